The summed E-state index contributed by atoms with van der Waals surface area (Å²) >= 11 is 0. The number of nitrogens with zero attached hydrogens (tertiary/aromatic N) is 1. The second-order valence-electron chi connectivity index (χ2n) is 6.79. The predicted octanol–water partition coefficient (Wildman–Crippen LogP) is 5.33. The fourth-order valence-electron chi connectivity index (χ4n) is 3.48. The van der Waals surface area contributed by atoms with Crippen LogP contribution in [0.15, 0.2) is 72.8 Å². The van der Waals surface area contributed by atoms with Gasteiger partial charge in [-0.1, -0.05) is 54.6 Å². The second-order valence-corrected chi connectivity index (χ2v) is 6.79. The van der Waals surface area contributed by atoms with Crippen molar-refractivity contribution in [2.24, 2.45) is 0 Å². The van der Waals surface area contributed by atoms with Crippen LogP contribution in [-0.4, -0.2) is 10.8 Å². The van der Waals surface area contributed by atoms with E-state index in [2.05, 4.69) is 4.98 Å². The standard InChI is InChI=1S/C24H20N2O/c1-15-6-5-7-16(2)22(15)21-13-12-20(25)23(26-21)24(27)19-11-10-17-8-3-4-9-18(17)14-19/h3-14H,25H2,1-2H3. The Bertz CT molecular complexity index is 1160. The Labute approximate surface area is 158 Å². The van der Waals surface area contributed by atoms with Gasteiger partial charge >= 0.3 is 0 Å². The number of pyridine rings is 1. The minimum Gasteiger partial charge on any atom is -0.397 e. The van der Waals surface area contributed by atoms with Gasteiger partial charge in [0, 0.05) is 11.1 Å². The second kappa shape index (κ2) is 6.69. The third-order valence-electron chi connectivity index (χ3n) is 4.89. The third kappa shape index (κ3) is 3.08. The number of hydrogen-bond donors (Lipinski definition) is 1. The first-order valence-electron chi connectivity index (χ1n) is 8.91. The van der Waals surface area contributed by atoms with Crippen molar-refractivity contribution in [2.75, 3.05) is 5.73 Å². The number of anilines is 1. The van der Waals surface area contributed by atoms with Crippen molar-refractivity contribution >= 4 is 22.2 Å². The number of hydrogen-bond acceptors (Lipinski definition) is 3. The fraction of sp³-hybridized carbons (Fsp3) is 0.0833. The molecule has 0 unspecified atom stereocenters. The Hall–Kier alpha value is -3.46. The molecule has 2 N–H and O–H groups in total. The van der Waals surface area contributed by atoms with E-state index in [1.807, 2.05) is 80.6 Å². The maximum absolute atomic E-state index is 13.1. The van der Waals surface area contributed by atoms with E-state index in [4.69, 9.17) is 5.73 Å². The maximum atomic E-state index is 13.1. The quantitative estimate of drug-likeness (QED) is 0.507. The normalized spacial score (nSPS) is 10.9. The zero-order valence-corrected chi connectivity index (χ0v) is 15.4. The van der Waals surface area contributed by atoms with Gasteiger partial charge in [-0.05, 0) is 53.9 Å². The molecule has 0 aliphatic carbocycles. The summed E-state index contributed by atoms with van der Waals surface area (Å²) in [5.74, 6) is -0.161. The first kappa shape index (κ1) is 17.0. The van der Waals surface area contributed by atoms with Crippen LogP contribution in [0.4, 0.5) is 5.69 Å². The molecule has 0 saturated carbocycles. The molecule has 0 atom stereocenters. The highest BCUT2D eigenvalue weighted by Crippen LogP contribution is 2.28. The summed E-state index contributed by atoms with van der Waals surface area (Å²) in [5.41, 5.74) is 11.4. The average Bonchev–Trinajstić information content (AvgIpc) is 2.68. The summed E-state index contributed by atoms with van der Waals surface area (Å²) < 4.78 is 0. The fourth-order valence-corrected chi connectivity index (χ4v) is 3.48. The lowest BCUT2D eigenvalue weighted by molar-refractivity contribution is 0.103. The van der Waals surface area contributed by atoms with Gasteiger partial charge in [0.2, 0.25) is 5.78 Å². The Morgan fingerprint density at radius 2 is 1.52 bits per heavy atom. The molecule has 0 fully saturated rings. The summed E-state index contributed by atoms with van der Waals surface area (Å²) in [6, 6.07) is 23.4. The predicted molar refractivity (Wildman–Crippen MR) is 111 cm³/mol. The number of aryl methyl sites for hydroxylation is 2. The van der Waals surface area contributed by atoms with Gasteiger partial charge in [0.25, 0.3) is 0 Å². The zero-order valence-electron chi connectivity index (χ0n) is 15.4. The Morgan fingerprint density at radius 1 is 0.815 bits per heavy atom. The van der Waals surface area contributed by atoms with Gasteiger partial charge in [-0.3, -0.25) is 4.79 Å². The van der Waals surface area contributed by atoms with E-state index >= 15 is 0 Å². The third-order valence-corrected chi connectivity index (χ3v) is 4.89. The van der Waals surface area contributed by atoms with Crippen LogP contribution >= 0.6 is 0 Å². The lowest BCUT2D eigenvalue weighted by Gasteiger charge is -2.12. The highest BCUT2D eigenvalue weighted by atomic mass is 16.1. The number of fused-ring (bicyclic) bond motifs is 1. The van der Waals surface area contributed by atoms with Gasteiger partial charge in [0.05, 0.1) is 11.4 Å². The molecule has 0 aliphatic heterocycles. The van der Waals surface area contributed by atoms with Gasteiger partial charge in [0.1, 0.15) is 5.69 Å². The van der Waals surface area contributed by atoms with Crippen molar-refractivity contribution in [1.82, 2.24) is 4.98 Å². The van der Waals surface area contributed by atoms with Crippen molar-refractivity contribution in [3.8, 4) is 11.3 Å². The van der Waals surface area contributed by atoms with E-state index in [1.54, 1.807) is 6.07 Å². The van der Waals surface area contributed by atoms with Crippen molar-refractivity contribution in [3.63, 3.8) is 0 Å². The minimum absolute atomic E-state index is 0.161. The lowest BCUT2D eigenvalue weighted by Crippen LogP contribution is -2.09. The molecular formula is C24H20N2O. The van der Waals surface area contributed by atoms with E-state index in [0.717, 1.165) is 33.2 Å². The molecule has 132 valence electrons. The molecule has 3 aromatic carbocycles. The molecule has 27 heavy (non-hydrogen) atoms. The van der Waals surface area contributed by atoms with Crippen molar-refractivity contribution in [1.29, 1.82) is 0 Å². The molecule has 0 saturated heterocycles. The minimum atomic E-state index is -0.161. The highest BCUT2D eigenvalue weighted by Gasteiger charge is 2.17. The molecule has 3 heteroatoms. The molecule has 3 nitrogen and oxygen atoms in total. The molecule has 1 aromatic heterocycles. The number of aromatic nitrogens is 1. The highest BCUT2D eigenvalue weighted by molar-refractivity contribution is 6.12. The van der Waals surface area contributed by atoms with Crippen LogP contribution in [0.2, 0.25) is 0 Å². The molecule has 0 bridgehead atoms. The number of carbonyl (C=O) groups excluding carboxylic acids is 1. The SMILES string of the molecule is Cc1cccc(C)c1-c1ccc(N)c(C(=O)c2ccc3ccccc3c2)n1. The van der Waals surface area contributed by atoms with E-state index in [1.165, 1.54) is 0 Å². The van der Waals surface area contributed by atoms with Gasteiger partial charge < -0.3 is 5.73 Å². The molecule has 0 aliphatic rings. The number of rotatable bonds is 3. The summed E-state index contributed by atoms with van der Waals surface area (Å²) in [7, 11) is 0. The van der Waals surface area contributed by atoms with Gasteiger partial charge in [-0.25, -0.2) is 4.98 Å². The van der Waals surface area contributed by atoms with E-state index < -0.39 is 0 Å². The molecular weight excluding hydrogens is 332 g/mol. The number of ketones is 1. The lowest BCUT2D eigenvalue weighted by atomic mass is 9.98. The van der Waals surface area contributed by atoms with E-state index in [0.29, 0.717) is 16.9 Å². The average molecular weight is 352 g/mol. The topological polar surface area (TPSA) is 56.0 Å². The zero-order chi connectivity index (χ0) is 19.0. The monoisotopic (exact) mass is 352 g/mol. The van der Waals surface area contributed by atoms with Crippen LogP contribution in [0.25, 0.3) is 22.0 Å². The summed E-state index contributed by atoms with van der Waals surface area (Å²) in [6.45, 7) is 4.09. The van der Waals surface area contributed by atoms with Crippen LogP contribution in [0.5, 0.6) is 0 Å². The molecule has 1 heterocycles. The number of nitrogens with two attached hydrogens (primary N) is 1. The summed E-state index contributed by atoms with van der Waals surface area (Å²) in [6.07, 6.45) is 0. The van der Waals surface area contributed by atoms with Gasteiger partial charge in [-0.15, -0.1) is 0 Å². The Morgan fingerprint density at radius 3 is 2.26 bits per heavy atom. The largest absolute Gasteiger partial charge is 0.397 e. The van der Waals surface area contributed by atoms with E-state index in [-0.39, 0.29) is 5.78 Å². The van der Waals surface area contributed by atoms with Gasteiger partial charge in [-0.2, -0.15) is 0 Å². The van der Waals surface area contributed by atoms with Crippen LogP contribution in [0.3, 0.4) is 0 Å². The first-order valence-corrected chi connectivity index (χ1v) is 8.91. The molecule has 0 amide bonds. The number of benzene rings is 3. The van der Waals surface area contributed by atoms with Crippen molar-refractivity contribution in [2.45, 2.75) is 13.8 Å². The first-order chi connectivity index (χ1) is 13.0. The maximum Gasteiger partial charge on any atom is 0.213 e. The summed E-state index contributed by atoms with van der Waals surface area (Å²) in [5, 5.41) is 2.12. The molecule has 0 spiro atoms. The Balaban J connectivity index is 1.82. The van der Waals surface area contributed by atoms with Gasteiger partial charge in [0.15, 0.2) is 0 Å². The summed E-state index contributed by atoms with van der Waals surface area (Å²) in [4.78, 5) is 17.8. The van der Waals surface area contributed by atoms with Crippen LogP contribution in [0, 0.1) is 13.8 Å². The van der Waals surface area contributed by atoms with E-state index in [9.17, 15) is 4.79 Å². The van der Waals surface area contributed by atoms with Crippen LogP contribution in [0.1, 0.15) is 27.2 Å². The van der Waals surface area contributed by atoms with Crippen LogP contribution in [-0.2, 0) is 0 Å². The number of nitrogen functional groups attached to an aromatic ring is 1. The van der Waals surface area contributed by atoms with Crippen molar-refractivity contribution in [3.05, 3.63) is 95.2 Å². The number of carbonyl (C=O) groups is 1. The van der Waals surface area contributed by atoms with Crippen molar-refractivity contribution < 1.29 is 4.79 Å². The molecule has 0 radical (unpaired) electrons. The molecule has 4 aromatic rings. The molecule has 4 rings (SSSR count). The smallest absolute Gasteiger partial charge is 0.213 e. The Kier molecular flexibility index (Phi) is 4.21. The van der Waals surface area contributed by atoms with Crippen LogP contribution < -0.4 is 5.73 Å².